The molecule has 0 aromatic carbocycles. The van der Waals surface area contributed by atoms with Crippen molar-refractivity contribution in [3.8, 4) is 0 Å². The number of carbonyl (C=O) groups excluding carboxylic acids is 1. The van der Waals surface area contributed by atoms with Gasteiger partial charge >= 0.3 is 5.97 Å². The molecule has 0 radical (unpaired) electrons. The standard InChI is InChI=1S/C13H23NO4/c1-4-8(2)7-9(3)14-12(15)10-5-6-11(18-10)13(16)17/h8-11H,4-7H2,1-3H3,(H,14,15)(H,16,17)/t8?,9?,10-,11+/m0/s1. The van der Waals surface area contributed by atoms with Crippen LogP contribution in [0.4, 0.5) is 0 Å². The molecule has 0 aromatic rings. The minimum atomic E-state index is -0.988. The maximum Gasteiger partial charge on any atom is 0.332 e. The number of carboxylic acids is 1. The van der Waals surface area contributed by atoms with Crippen molar-refractivity contribution >= 4 is 11.9 Å². The number of hydrogen-bond acceptors (Lipinski definition) is 3. The third kappa shape index (κ3) is 4.29. The third-order valence-corrected chi connectivity index (χ3v) is 3.43. The summed E-state index contributed by atoms with van der Waals surface area (Å²) in [6, 6.07) is 0.0972. The highest BCUT2D eigenvalue weighted by Gasteiger charge is 2.34. The van der Waals surface area contributed by atoms with Gasteiger partial charge in [0.25, 0.3) is 0 Å². The van der Waals surface area contributed by atoms with E-state index >= 15 is 0 Å². The molecule has 0 saturated carbocycles. The number of carbonyl (C=O) groups is 2. The molecule has 0 spiro atoms. The average molecular weight is 257 g/mol. The zero-order valence-electron chi connectivity index (χ0n) is 11.3. The summed E-state index contributed by atoms with van der Waals surface area (Å²) in [6.07, 6.45) is 1.47. The van der Waals surface area contributed by atoms with Gasteiger partial charge in [-0.3, -0.25) is 4.79 Å². The highest BCUT2D eigenvalue weighted by molar-refractivity contribution is 5.82. The van der Waals surface area contributed by atoms with Crippen LogP contribution in [0.25, 0.3) is 0 Å². The van der Waals surface area contributed by atoms with E-state index in [-0.39, 0.29) is 11.9 Å². The zero-order chi connectivity index (χ0) is 13.7. The number of rotatable bonds is 6. The fourth-order valence-corrected chi connectivity index (χ4v) is 2.18. The Bertz CT molecular complexity index is 305. The summed E-state index contributed by atoms with van der Waals surface area (Å²) in [5.74, 6) is -0.607. The maximum atomic E-state index is 11.9. The van der Waals surface area contributed by atoms with Gasteiger partial charge in [-0.25, -0.2) is 4.79 Å². The number of hydrogen-bond donors (Lipinski definition) is 2. The normalized spacial score (nSPS) is 26.6. The SMILES string of the molecule is CCC(C)CC(C)NC(=O)[C@@H]1CC[C@H](C(=O)O)O1. The first-order chi connectivity index (χ1) is 8.43. The molecule has 1 aliphatic rings. The van der Waals surface area contributed by atoms with Gasteiger partial charge in [0, 0.05) is 6.04 Å². The van der Waals surface area contributed by atoms with E-state index < -0.39 is 18.2 Å². The predicted molar refractivity (Wildman–Crippen MR) is 67.2 cm³/mol. The van der Waals surface area contributed by atoms with Crippen LogP contribution in [0, 0.1) is 5.92 Å². The van der Waals surface area contributed by atoms with Crippen LogP contribution in [0.2, 0.25) is 0 Å². The fourth-order valence-electron chi connectivity index (χ4n) is 2.18. The summed E-state index contributed by atoms with van der Waals surface area (Å²) < 4.78 is 5.21. The van der Waals surface area contributed by atoms with Gasteiger partial charge in [0.05, 0.1) is 0 Å². The van der Waals surface area contributed by atoms with Crippen LogP contribution in [0.3, 0.4) is 0 Å². The number of ether oxygens (including phenoxy) is 1. The first-order valence-corrected chi connectivity index (χ1v) is 6.62. The van der Waals surface area contributed by atoms with Crippen molar-refractivity contribution < 1.29 is 19.4 Å². The van der Waals surface area contributed by atoms with Gasteiger partial charge in [-0.15, -0.1) is 0 Å². The molecule has 0 aliphatic carbocycles. The van der Waals surface area contributed by atoms with E-state index in [4.69, 9.17) is 9.84 Å². The first-order valence-electron chi connectivity index (χ1n) is 6.62. The summed E-state index contributed by atoms with van der Waals surface area (Å²) in [6.45, 7) is 6.24. The van der Waals surface area contributed by atoms with Gasteiger partial charge in [0.15, 0.2) is 6.10 Å². The van der Waals surface area contributed by atoms with E-state index in [9.17, 15) is 9.59 Å². The predicted octanol–water partition coefficient (Wildman–Crippen LogP) is 1.56. The van der Waals surface area contributed by atoms with E-state index in [0.717, 1.165) is 12.8 Å². The first kappa shape index (κ1) is 15.0. The lowest BCUT2D eigenvalue weighted by molar-refractivity contribution is -0.151. The van der Waals surface area contributed by atoms with Gasteiger partial charge in [0.1, 0.15) is 6.10 Å². The molecule has 5 heteroatoms. The van der Waals surface area contributed by atoms with E-state index in [0.29, 0.717) is 18.8 Å². The Hall–Kier alpha value is -1.10. The highest BCUT2D eigenvalue weighted by atomic mass is 16.5. The molecular formula is C13H23NO4. The number of aliphatic carboxylic acids is 1. The number of carboxylic acid groups (broad SMARTS) is 1. The summed E-state index contributed by atoms with van der Waals surface area (Å²) in [7, 11) is 0. The molecule has 1 aliphatic heterocycles. The molecule has 0 bridgehead atoms. The van der Waals surface area contributed by atoms with Crippen molar-refractivity contribution in [2.45, 2.75) is 64.7 Å². The van der Waals surface area contributed by atoms with E-state index in [1.807, 2.05) is 6.92 Å². The van der Waals surface area contributed by atoms with Crippen molar-refractivity contribution in [3.63, 3.8) is 0 Å². The van der Waals surface area contributed by atoms with Crippen LogP contribution in [-0.2, 0) is 14.3 Å². The molecule has 2 N–H and O–H groups in total. The Labute approximate surface area is 108 Å². The van der Waals surface area contributed by atoms with Crippen molar-refractivity contribution in [2.24, 2.45) is 5.92 Å². The Morgan fingerprint density at radius 1 is 1.33 bits per heavy atom. The van der Waals surface area contributed by atoms with Gasteiger partial charge in [-0.2, -0.15) is 0 Å². The average Bonchev–Trinajstić information content (AvgIpc) is 2.77. The lowest BCUT2D eigenvalue weighted by Crippen LogP contribution is -2.41. The second kappa shape index (κ2) is 6.73. The van der Waals surface area contributed by atoms with Crippen molar-refractivity contribution in [1.82, 2.24) is 5.32 Å². The lowest BCUT2D eigenvalue weighted by atomic mass is 10.0. The molecule has 1 saturated heterocycles. The smallest absolute Gasteiger partial charge is 0.332 e. The van der Waals surface area contributed by atoms with Gasteiger partial charge in [-0.05, 0) is 32.1 Å². The highest BCUT2D eigenvalue weighted by Crippen LogP contribution is 2.20. The minimum Gasteiger partial charge on any atom is -0.479 e. The zero-order valence-corrected chi connectivity index (χ0v) is 11.3. The molecule has 1 amide bonds. The summed E-state index contributed by atoms with van der Waals surface area (Å²) in [4.78, 5) is 22.6. The quantitative estimate of drug-likeness (QED) is 0.757. The second-order valence-corrected chi connectivity index (χ2v) is 5.19. The van der Waals surface area contributed by atoms with E-state index in [1.165, 1.54) is 0 Å². The molecule has 5 nitrogen and oxygen atoms in total. The van der Waals surface area contributed by atoms with Gasteiger partial charge < -0.3 is 15.2 Å². The monoisotopic (exact) mass is 257 g/mol. The topological polar surface area (TPSA) is 75.6 Å². The Morgan fingerprint density at radius 3 is 2.44 bits per heavy atom. The number of amides is 1. The lowest BCUT2D eigenvalue weighted by Gasteiger charge is -2.19. The van der Waals surface area contributed by atoms with Crippen molar-refractivity contribution in [3.05, 3.63) is 0 Å². The van der Waals surface area contributed by atoms with Crippen molar-refractivity contribution in [2.75, 3.05) is 0 Å². The molecule has 2 unspecified atom stereocenters. The molecule has 1 fully saturated rings. The summed E-state index contributed by atoms with van der Waals surface area (Å²) in [5.41, 5.74) is 0. The molecule has 18 heavy (non-hydrogen) atoms. The summed E-state index contributed by atoms with van der Waals surface area (Å²) >= 11 is 0. The Balaban J connectivity index is 2.35. The minimum absolute atomic E-state index is 0.0972. The molecule has 1 rings (SSSR count). The molecule has 0 aromatic heterocycles. The van der Waals surface area contributed by atoms with Crippen LogP contribution < -0.4 is 5.32 Å². The van der Waals surface area contributed by atoms with Gasteiger partial charge in [0.2, 0.25) is 5.91 Å². The number of nitrogens with one attached hydrogen (secondary N) is 1. The Morgan fingerprint density at radius 2 is 1.94 bits per heavy atom. The maximum absolute atomic E-state index is 11.9. The van der Waals surface area contributed by atoms with E-state index in [1.54, 1.807) is 0 Å². The summed E-state index contributed by atoms with van der Waals surface area (Å²) in [5, 5.41) is 11.7. The van der Waals surface area contributed by atoms with Crippen molar-refractivity contribution in [1.29, 1.82) is 0 Å². The van der Waals surface area contributed by atoms with Gasteiger partial charge in [-0.1, -0.05) is 20.3 Å². The van der Waals surface area contributed by atoms with Crippen LogP contribution in [0.15, 0.2) is 0 Å². The van der Waals surface area contributed by atoms with E-state index in [2.05, 4.69) is 19.2 Å². The Kier molecular flexibility index (Phi) is 5.59. The molecule has 1 heterocycles. The van der Waals surface area contributed by atoms with Crippen LogP contribution in [-0.4, -0.2) is 35.2 Å². The largest absolute Gasteiger partial charge is 0.479 e. The van der Waals surface area contributed by atoms with Crippen LogP contribution >= 0.6 is 0 Å². The third-order valence-electron chi connectivity index (χ3n) is 3.43. The van der Waals surface area contributed by atoms with Crippen LogP contribution in [0.5, 0.6) is 0 Å². The fraction of sp³-hybridized carbons (Fsp3) is 0.846. The van der Waals surface area contributed by atoms with Crippen LogP contribution in [0.1, 0.15) is 46.5 Å². The molecular weight excluding hydrogens is 234 g/mol. The molecule has 4 atom stereocenters. The second-order valence-electron chi connectivity index (χ2n) is 5.19. The molecule has 104 valence electrons.